The van der Waals surface area contributed by atoms with Crippen LogP contribution in [0.5, 0.6) is 0 Å². The number of fused-ring (bicyclic) bond motifs is 1. The van der Waals surface area contributed by atoms with Gasteiger partial charge in [0.25, 0.3) is 0 Å². The first-order valence-electron chi connectivity index (χ1n) is 5.06. The third kappa shape index (κ3) is 2.04. The van der Waals surface area contributed by atoms with Crippen LogP contribution in [0.4, 0.5) is 13.9 Å². The van der Waals surface area contributed by atoms with Gasteiger partial charge in [-0.3, -0.25) is 4.79 Å². The zero-order valence-electron chi connectivity index (χ0n) is 8.57. The maximum atomic E-state index is 12.6. The fraction of sp³-hybridized carbons (Fsp3) is 0.400. The van der Waals surface area contributed by atoms with Crippen molar-refractivity contribution in [1.82, 2.24) is 4.98 Å². The van der Waals surface area contributed by atoms with Crippen molar-refractivity contribution in [1.29, 1.82) is 0 Å². The van der Waals surface area contributed by atoms with Gasteiger partial charge in [-0.25, -0.2) is 13.8 Å². The summed E-state index contributed by atoms with van der Waals surface area (Å²) in [6.07, 6.45) is -0.697. The molecular weight excluding hydrogens is 266 g/mol. The second-order valence-electron chi connectivity index (χ2n) is 4.06. The van der Waals surface area contributed by atoms with Crippen molar-refractivity contribution in [3.8, 4) is 0 Å². The predicted octanol–water partition coefficient (Wildman–Crippen LogP) is 3.34. The largest absolute Gasteiger partial charge is 0.302 e. The minimum atomic E-state index is -2.66. The molecule has 17 heavy (non-hydrogen) atoms. The lowest BCUT2D eigenvalue weighted by atomic mass is 9.81. The van der Waals surface area contributed by atoms with E-state index in [9.17, 15) is 13.6 Å². The highest BCUT2D eigenvalue weighted by atomic mass is 32.1. The summed E-state index contributed by atoms with van der Waals surface area (Å²) in [4.78, 5) is 16.7. The summed E-state index contributed by atoms with van der Waals surface area (Å²) in [5.41, 5.74) is 0. The molecule has 0 radical (unpaired) electrons. The van der Waals surface area contributed by atoms with E-state index in [0.29, 0.717) is 5.13 Å². The van der Waals surface area contributed by atoms with Crippen molar-refractivity contribution in [2.24, 2.45) is 5.92 Å². The molecule has 2 heterocycles. The van der Waals surface area contributed by atoms with Gasteiger partial charge in [-0.05, 0) is 11.4 Å². The Balaban J connectivity index is 1.67. The van der Waals surface area contributed by atoms with E-state index in [-0.39, 0.29) is 18.7 Å². The van der Waals surface area contributed by atoms with Crippen LogP contribution in [-0.2, 0) is 4.79 Å². The van der Waals surface area contributed by atoms with Gasteiger partial charge in [0.1, 0.15) is 4.83 Å². The molecule has 0 unspecified atom stereocenters. The van der Waals surface area contributed by atoms with E-state index in [0.717, 1.165) is 9.53 Å². The molecule has 7 heteroatoms. The van der Waals surface area contributed by atoms with E-state index in [1.807, 2.05) is 11.4 Å². The summed E-state index contributed by atoms with van der Waals surface area (Å²) in [7, 11) is 0. The van der Waals surface area contributed by atoms with Crippen molar-refractivity contribution in [2.75, 3.05) is 5.32 Å². The van der Waals surface area contributed by atoms with Gasteiger partial charge in [-0.1, -0.05) is 11.3 Å². The lowest BCUT2D eigenvalue weighted by Gasteiger charge is -2.33. The maximum absolute atomic E-state index is 12.6. The predicted molar refractivity (Wildman–Crippen MR) is 63.8 cm³/mol. The van der Waals surface area contributed by atoms with Crippen molar-refractivity contribution in [3.63, 3.8) is 0 Å². The van der Waals surface area contributed by atoms with Gasteiger partial charge in [-0.2, -0.15) is 0 Å². The molecule has 1 fully saturated rings. The molecule has 1 aliphatic rings. The molecular formula is C10H8F2N2OS2. The van der Waals surface area contributed by atoms with Crippen LogP contribution in [0.15, 0.2) is 11.4 Å². The van der Waals surface area contributed by atoms with E-state index >= 15 is 0 Å². The first kappa shape index (κ1) is 11.0. The summed E-state index contributed by atoms with van der Waals surface area (Å²) in [6, 6.07) is 1.92. The average Bonchev–Trinajstić information content (AvgIpc) is 2.73. The Hall–Kier alpha value is -1.08. The molecule has 2 aromatic rings. The van der Waals surface area contributed by atoms with Gasteiger partial charge in [0.2, 0.25) is 11.8 Å². The molecule has 0 aromatic carbocycles. The van der Waals surface area contributed by atoms with Gasteiger partial charge >= 0.3 is 0 Å². The lowest BCUT2D eigenvalue weighted by molar-refractivity contribution is -0.145. The van der Waals surface area contributed by atoms with Crippen LogP contribution in [0.1, 0.15) is 12.8 Å². The number of nitrogens with one attached hydrogen (secondary N) is 1. The summed E-state index contributed by atoms with van der Waals surface area (Å²) in [5, 5.41) is 5.01. The van der Waals surface area contributed by atoms with E-state index in [2.05, 4.69) is 10.3 Å². The van der Waals surface area contributed by atoms with Gasteiger partial charge < -0.3 is 5.32 Å². The zero-order chi connectivity index (χ0) is 12.0. The summed E-state index contributed by atoms with van der Waals surface area (Å²) < 4.78 is 26.2. The molecule has 1 amide bonds. The molecule has 1 aliphatic carbocycles. The Morgan fingerprint density at radius 2 is 2.29 bits per heavy atom. The Morgan fingerprint density at radius 1 is 1.53 bits per heavy atom. The highest BCUT2D eigenvalue weighted by Gasteiger charge is 2.48. The highest BCUT2D eigenvalue weighted by Crippen LogP contribution is 2.43. The fourth-order valence-corrected chi connectivity index (χ4v) is 3.62. The minimum Gasteiger partial charge on any atom is -0.302 e. The van der Waals surface area contributed by atoms with Crippen molar-refractivity contribution >= 4 is 43.2 Å². The Kier molecular flexibility index (Phi) is 2.41. The number of hydrogen-bond donors (Lipinski definition) is 1. The number of aromatic nitrogens is 1. The standard InChI is InChI=1S/C10H8F2N2OS2/c11-10(12)3-5(4-10)7(15)13-9-14-8-6(17-9)1-2-16-8/h1-2,5H,3-4H2,(H,13,14,15). The summed E-state index contributed by atoms with van der Waals surface area (Å²) >= 11 is 2.86. The molecule has 90 valence electrons. The Labute approximate surface area is 103 Å². The lowest BCUT2D eigenvalue weighted by Crippen LogP contribution is -2.42. The van der Waals surface area contributed by atoms with E-state index in [1.54, 1.807) is 0 Å². The number of halogens is 2. The number of carbonyl (C=O) groups excluding carboxylic acids is 1. The molecule has 0 bridgehead atoms. The number of hydrogen-bond acceptors (Lipinski definition) is 4. The molecule has 0 saturated heterocycles. The van der Waals surface area contributed by atoms with Gasteiger partial charge in [-0.15, -0.1) is 11.3 Å². The SMILES string of the molecule is O=C(Nc1nc2sccc2s1)C1CC(F)(F)C1. The Bertz CT molecular complexity index is 541. The van der Waals surface area contributed by atoms with Crippen LogP contribution in [0.2, 0.25) is 0 Å². The van der Waals surface area contributed by atoms with E-state index in [4.69, 9.17) is 0 Å². The van der Waals surface area contributed by atoms with Crippen molar-refractivity contribution in [3.05, 3.63) is 11.4 Å². The zero-order valence-corrected chi connectivity index (χ0v) is 10.2. The third-order valence-electron chi connectivity index (χ3n) is 2.71. The van der Waals surface area contributed by atoms with Crippen LogP contribution in [0.3, 0.4) is 0 Å². The average molecular weight is 274 g/mol. The first-order chi connectivity index (χ1) is 8.03. The van der Waals surface area contributed by atoms with Crippen LogP contribution < -0.4 is 5.32 Å². The smallest absolute Gasteiger partial charge is 0.249 e. The topological polar surface area (TPSA) is 42.0 Å². The number of rotatable bonds is 2. The first-order valence-corrected chi connectivity index (χ1v) is 6.76. The van der Waals surface area contributed by atoms with E-state index < -0.39 is 11.8 Å². The molecule has 3 nitrogen and oxygen atoms in total. The maximum Gasteiger partial charge on any atom is 0.249 e. The quantitative estimate of drug-likeness (QED) is 0.912. The van der Waals surface area contributed by atoms with Crippen LogP contribution in [0.25, 0.3) is 9.53 Å². The minimum absolute atomic E-state index is 0.349. The number of amides is 1. The van der Waals surface area contributed by atoms with Crippen molar-refractivity contribution in [2.45, 2.75) is 18.8 Å². The molecule has 0 atom stereocenters. The number of nitrogens with zero attached hydrogens (tertiary/aromatic N) is 1. The molecule has 2 aromatic heterocycles. The summed E-state index contributed by atoms with van der Waals surface area (Å²) in [6.45, 7) is 0. The highest BCUT2D eigenvalue weighted by molar-refractivity contribution is 7.28. The van der Waals surface area contributed by atoms with Crippen molar-refractivity contribution < 1.29 is 13.6 Å². The van der Waals surface area contributed by atoms with E-state index in [1.165, 1.54) is 22.7 Å². The number of thiophene rings is 1. The normalized spacial score (nSPS) is 19.2. The van der Waals surface area contributed by atoms with Crippen LogP contribution in [-0.4, -0.2) is 16.8 Å². The molecule has 1 N–H and O–H groups in total. The number of carbonyl (C=O) groups is 1. The molecule has 0 spiro atoms. The van der Waals surface area contributed by atoms with Crippen LogP contribution in [0, 0.1) is 5.92 Å². The fourth-order valence-electron chi connectivity index (χ4n) is 1.78. The molecule has 3 rings (SSSR count). The van der Waals surface area contributed by atoms with Gasteiger partial charge in [0.15, 0.2) is 5.13 Å². The second kappa shape index (κ2) is 3.71. The monoisotopic (exact) mass is 274 g/mol. The summed E-state index contributed by atoms with van der Waals surface area (Å²) in [5.74, 6) is -3.59. The molecule has 0 aliphatic heterocycles. The third-order valence-corrected chi connectivity index (χ3v) is 4.58. The van der Waals surface area contributed by atoms with Gasteiger partial charge in [0, 0.05) is 18.8 Å². The van der Waals surface area contributed by atoms with Gasteiger partial charge in [0.05, 0.1) is 4.70 Å². The molecule has 1 saturated carbocycles. The number of anilines is 1. The number of alkyl halides is 2. The number of thiazole rings is 1. The second-order valence-corrected chi connectivity index (χ2v) is 5.98. The Morgan fingerprint density at radius 3 is 2.94 bits per heavy atom. The van der Waals surface area contributed by atoms with Crippen LogP contribution >= 0.6 is 22.7 Å².